The Labute approximate surface area is 142 Å². The molecular weight excluding hydrogens is 339 g/mol. The van der Waals surface area contributed by atoms with Gasteiger partial charge in [0.15, 0.2) is 0 Å². The summed E-state index contributed by atoms with van der Waals surface area (Å²) in [6.07, 6.45) is -3.62. The summed E-state index contributed by atoms with van der Waals surface area (Å²) in [4.78, 5) is 16.9. The van der Waals surface area contributed by atoms with Crippen LogP contribution in [0.1, 0.15) is 24.3 Å². The van der Waals surface area contributed by atoms with Crippen molar-refractivity contribution in [1.29, 1.82) is 0 Å². The largest absolute Gasteiger partial charge is 0.471 e. The third-order valence-corrected chi connectivity index (χ3v) is 3.47. The van der Waals surface area contributed by atoms with E-state index in [9.17, 15) is 18.0 Å². The zero-order valence-electron chi connectivity index (χ0n) is 13.8. The number of rotatable bonds is 7. The first-order valence-corrected chi connectivity index (χ1v) is 7.54. The Balaban J connectivity index is 1.98. The Morgan fingerprint density at radius 1 is 1.28 bits per heavy atom. The Kier molecular flexibility index (Phi) is 6.13. The molecule has 1 heterocycles. The Morgan fingerprint density at radius 2 is 1.96 bits per heavy atom. The van der Waals surface area contributed by atoms with Crippen LogP contribution < -0.4 is 0 Å². The second-order valence-electron chi connectivity index (χ2n) is 5.46. The van der Waals surface area contributed by atoms with E-state index >= 15 is 0 Å². The quantitative estimate of drug-likeness (QED) is 0.712. The average molecular weight is 357 g/mol. The summed E-state index contributed by atoms with van der Waals surface area (Å²) in [6.45, 7) is 0.922. The molecule has 0 radical (unpaired) electrons. The summed E-state index contributed by atoms with van der Waals surface area (Å²) >= 11 is 0. The van der Waals surface area contributed by atoms with Crippen LogP contribution in [-0.2, 0) is 22.3 Å². The minimum atomic E-state index is -4.67. The molecule has 1 aromatic heterocycles. The van der Waals surface area contributed by atoms with Crippen LogP contribution >= 0.6 is 0 Å². The summed E-state index contributed by atoms with van der Waals surface area (Å²) in [5.41, 5.74) is 1.24. The second kappa shape index (κ2) is 8.11. The Hall–Kier alpha value is -2.42. The van der Waals surface area contributed by atoms with Gasteiger partial charge in [-0.3, -0.25) is 4.79 Å². The van der Waals surface area contributed by atoms with E-state index in [1.165, 1.54) is 0 Å². The van der Waals surface area contributed by atoms with Gasteiger partial charge < -0.3 is 14.2 Å². The molecule has 2 rings (SSSR count). The van der Waals surface area contributed by atoms with Crippen molar-refractivity contribution in [3.05, 3.63) is 35.7 Å². The topological polar surface area (TPSA) is 68.5 Å². The van der Waals surface area contributed by atoms with Crippen molar-refractivity contribution in [1.82, 2.24) is 15.0 Å². The predicted molar refractivity (Wildman–Crippen MR) is 82.3 cm³/mol. The lowest BCUT2D eigenvalue weighted by molar-refractivity contribution is -0.159. The maximum Gasteiger partial charge on any atom is 0.471 e. The van der Waals surface area contributed by atoms with Crippen molar-refractivity contribution in [3.8, 4) is 11.4 Å². The highest BCUT2D eigenvalue weighted by atomic mass is 19.4. The van der Waals surface area contributed by atoms with Crippen molar-refractivity contribution >= 4 is 5.91 Å². The van der Waals surface area contributed by atoms with Gasteiger partial charge >= 0.3 is 12.1 Å². The van der Waals surface area contributed by atoms with Gasteiger partial charge in [0.1, 0.15) is 0 Å². The molecule has 0 aliphatic rings. The molecule has 136 valence electrons. The van der Waals surface area contributed by atoms with Crippen LogP contribution in [0.5, 0.6) is 0 Å². The zero-order valence-corrected chi connectivity index (χ0v) is 13.8. The fourth-order valence-electron chi connectivity index (χ4n) is 2.14. The van der Waals surface area contributed by atoms with E-state index in [0.717, 1.165) is 5.56 Å². The predicted octanol–water partition coefficient (Wildman–Crippen LogP) is 3.14. The maximum atomic E-state index is 12.5. The van der Waals surface area contributed by atoms with E-state index in [0.29, 0.717) is 31.6 Å². The average Bonchev–Trinajstić information content (AvgIpc) is 3.06. The first-order valence-electron chi connectivity index (χ1n) is 7.54. The monoisotopic (exact) mass is 357 g/mol. The molecule has 0 spiro atoms. The van der Waals surface area contributed by atoms with E-state index in [-0.39, 0.29) is 11.7 Å². The summed E-state index contributed by atoms with van der Waals surface area (Å²) < 4.78 is 46.5. The molecule has 0 N–H and O–H groups in total. The third kappa shape index (κ3) is 5.28. The van der Waals surface area contributed by atoms with Crippen LogP contribution in [0.2, 0.25) is 0 Å². The number of benzene rings is 1. The number of amides is 1. The number of aromatic nitrogens is 2. The molecule has 2 aromatic rings. The lowest BCUT2D eigenvalue weighted by Crippen LogP contribution is -2.26. The van der Waals surface area contributed by atoms with E-state index in [4.69, 9.17) is 4.74 Å². The van der Waals surface area contributed by atoms with Gasteiger partial charge in [-0.25, -0.2) is 0 Å². The van der Waals surface area contributed by atoms with E-state index in [2.05, 4.69) is 14.7 Å². The molecule has 1 aromatic carbocycles. The van der Waals surface area contributed by atoms with Crippen molar-refractivity contribution in [2.75, 3.05) is 20.8 Å². The molecule has 9 heteroatoms. The number of carbonyl (C=O) groups excluding carboxylic acids is 1. The summed E-state index contributed by atoms with van der Waals surface area (Å²) in [5, 5.41) is 3.33. The van der Waals surface area contributed by atoms with E-state index in [1.807, 2.05) is 0 Å². The minimum absolute atomic E-state index is 0.00545. The second-order valence-corrected chi connectivity index (χ2v) is 5.46. The third-order valence-electron chi connectivity index (χ3n) is 3.47. The molecule has 6 nitrogen and oxygen atoms in total. The molecule has 0 atom stereocenters. The first kappa shape index (κ1) is 18.9. The summed E-state index contributed by atoms with van der Waals surface area (Å²) in [7, 11) is 3.27. The molecule has 1 amide bonds. The van der Waals surface area contributed by atoms with Crippen LogP contribution in [0.3, 0.4) is 0 Å². The van der Waals surface area contributed by atoms with Crippen molar-refractivity contribution in [3.63, 3.8) is 0 Å². The fraction of sp³-hybridized carbons (Fsp3) is 0.438. The SMILES string of the molecule is COCCCC(=O)N(C)Cc1ccc(-c2noc(C(F)(F)F)n2)cc1. The number of methoxy groups -OCH3 is 1. The van der Waals surface area contributed by atoms with Gasteiger partial charge in [0.05, 0.1) is 0 Å². The maximum absolute atomic E-state index is 12.5. The van der Waals surface area contributed by atoms with Crippen LogP contribution in [0.4, 0.5) is 13.2 Å². The number of ether oxygens (including phenoxy) is 1. The highest BCUT2D eigenvalue weighted by Gasteiger charge is 2.38. The molecule has 0 aliphatic heterocycles. The van der Waals surface area contributed by atoms with Gasteiger partial charge in [-0.05, 0) is 12.0 Å². The molecule has 0 aliphatic carbocycles. The number of halogens is 3. The Morgan fingerprint density at radius 3 is 2.52 bits per heavy atom. The van der Waals surface area contributed by atoms with Crippen molar-refractivity contribution < 1.29 is 27.2 Å². The molecule has 0 saturated carbocycles. The van der Waals surface area contributed by atoms with Gasteiger partial charge in [0.2, 0.25) is 11.7 Å². The van der Waals surface area contributed by atoms with Crippen LogP contribution in [0.25, 0.3) is 11.4 Å². The van der Waals surface area contributed by atoms with Gasteiger partial charge in [-0.1, -0.05) is 29.4 Å². The summed E-state index contributed by atoms with van der Waals surface area (Å²) in [5.74, 6) is -1.52. The zero-order chi connectivity index (χ0) is 18.4. The molecule has 0 fully saturated rings. The number of alkyl halides is 3. The number of nitrogens with zero attached hydrogens (tertiary/aromatic N) is 3. The number of hydrogen-bond donors (Lipinski definition) is 0. The normalized spacial score (nSPS) is 11.6. The van der Waals surface area contributed by atoms with Gasteiger partial charge in [0, 0.05) is 39.3 Å². The molecule has 25 heavy (non-hydrogen) atoms. The first-order chi connectivity index (χ1) is 11.8. The smallest absolute Gasteiger partial charge is 0.385 e. The van der Waals surface area contributed by atoms with Crippen molar-refractivity contribution in [2.24, 2.45) is 0 Å². The lowest BCUT2D eigenvalue weighted by Gasteiger charge is -2.17. The van der Waals surface area contributed by atoms with E-state index in [1.54, 1.807) is 43.3 Å². The highest BCUT2D eigenvalue weighted by molar-refractivity contribution is 5.75. The van der Waals surface area contributed by atoms with Gasteiger partial charge in [-0.15, -0.1) is 0 Å². The van der Waals surface area contributed by atoms with Crippen LogP contribution in [0, 0.1) is 0 Å². The molecule has 0 saturated heterocycles. The molecule has 0 unspecified atom stereocenters. The van der Waals surface area contributed by atoms with Crippen molar-refractivity contribution in [2.45, 2.75) is 25.6 Å². The van der Waals surface area contributed by atoms with E-state index < -0.39 is 12.1 Å². The Bertz CT molecular complexity index is 699. The van der Waals surface area contributed by atoms with Crippen LogP contribution in [-0.4, -0.2) is 41.7 Å². The standard InChI is InChI=1S/C16H18F3N3O3/c1-22(13(23)4-3-9-24-2)10-11-5-7-12(8-6-11)14-20-15(25-21-14)16(17,18)19/h5-8H,3-4,9-10H2,1-2H3. The summed E-state index contributed by atoms with van der Waals surface area (Å²) in [6, 6.07) is 6.59. The minimum Gasteiger partial charge on any atom is -0.385 e. The van der Waals surface area contributed by atoms with Gasteiger partial charge in [0.25, 0.3) is 0 Å². The number of hydrogen-bond acceptors (Lipinski definition) is 5. The molecular formula is C16H18F3N3O3. The van der Waals surface area contributed by atoms with Crippen LogP contribution in [0.15, 0.2) is 28.8 Å². The number of carbonyl (C=O) groups is 1. The highest BCUT2D eigenvalue weighted by Crippen LogP contribution is 2.29. The lowest BCUT2D eigenvalue weighted by atomic mass is 10.1. The molecule has 0 bridgehead atoms. The fourth-order valence-corrected chi connectivity index (χ4v) is 2.14. The van der Waals surface area contributed by atoms with Gasteiger partial charge in [-0.2, -0.15) is 18.2 Å².